The molecule has 1 aromatic rings. The number of hydrogen-bond donors (Lipinski definition) is 0. The van der Waals surface area contributed by atoms with E-state index < -0.39 is 0 Å². The smallest absolute Gasteiger partial charge is 0.0302 e. The van der Waals surface area contributed by atoms with E-state index >= 15 is 0 Å². The van der Waals surface area contributed by atoms with Gasteiger partial charge in [-0.15, -0.1) is 0 Å². The van der Waals surface area contributed by atoms with Crippen LogP contribution in [0.5, 0.6) is 0 Å². The van der Waals surface area contributed by atoms with Gasteiger partial charge >= 0.3 is 0 Å². The molecule has 1 saturated heterocycles. The van der Waals surface area contributed by atoms with Crippen molar-refractivity contribution in [2.45, 2.75) is 18.8 Å². The van der Waals surface area contributed by atoms with E-state index in [0.29, 0.717) is 0 Å². The van der Waals surface area contributed by atoms with Crippen molar-refractivity contribution in [3.63, 3.8) is 0 Å². The van der Waals surface area contributed by atoms with Gasteiger partial charge in [-0.05, 0) is 41.9 Å². The van der Waals surface area contributed by atoms with E-state index in [9.17, 15) is 0 Å². The Kier molecular flexibility index (Phi) is 2.67. The van der Waals surface area contributed by atoms with E-state index in [1.165, 1.54) is 29.9 Å². The van der Waals surface area contributed by atoms with Crippen LogP contribution in [-0.4, -0.2) is 16.5 Å². The predicted molar refractivity (Wildman–Crippen MR) is 53.5 cm³/mol. The average Bonchev–Trinajstić information content (AvgIpc) is 2.21. The molecule has 0 bridgehead atoms. The highest BCUT2D eigenvalue weighted by Gasteiger charge is 2.14. The molecule has 2 heteroatoms. The lowest BCUT2D eigenvalue weighted by Gasteiger charge is -2.20. The minimum Gasteiger partial charge on any atom is -0.264 e. The maximum Gasteiger partial charge on any atom is 0.0302 e. The summed E-state index contributed by atoms with van der Waals surface area (Å²) < 4.78 is 0. The second-order valence-electron chi connectivity index (χ2n) is 3.17. The minimum atomic E-state index is 0.778. The zero-order valence-electron chi connectivity index (χ0n) is 7.07. The third-order valence-electron chi connectivity index (χ3n) is 2.38. The third-order valence-corrected chi connectivity index (χ3v) is 3.43. The molecule has 0 N–H and O–H groups in total. The standard InChI is InChI=1S/C10H13NS/c1-2-10(8-11-5-1)9-3-6-12-7-4-9/h1-2,5,8-9H,3-4,6-7H2. The van der Waals surface area contributed by atoms with Gasteiger partial charge in [0, 0.05) is 12.4 Å². The molecule has 0 radical (unpaired) electrons. The van der Waals surface area contributed by atoms with Crippen LogP contribution in [0.1, 0.15) is 24.3 Å². The summed E-state index contributed by atoms with van der Waals surface area (Å²) >= 11 is 2.07. The first-order valence-corrected chi connectivity index (χ1v) is 5.60. The van der Waals surface area contributed by atoms with Crippen LogP contribution in [0, 0.1) is 0 Å². The Balaban J connectivity index is 2.08. The highest BCUT2D eigenvalue weighted by molar-refractivity contribution is 7.99. The molecule has 1 fully saturated rings. The zero-order chi connectivity index (χ0) is 8.23. The predicted octanol–water partition coefficient (Wildman–Crippen LogP) is 2.69. The Morgan fingerprint density at radius 2 is 2.17 bits per heavy atom. The van der Waals surface area contributed by atoms with Crippen LogP contribution in [0.2, 0.25) is 0 Å². The van der Waals surface area contributed by atoms with Crippen molar-refractivity contribution in [3.8, 4) is 0 Å². The number of pyridine rings is 1. The summed E-state index contributed by atoms with van der Waals surface area (Å²) in [6.07, 6.45) is 6.52. The number of thioether (sulfide) groups is 1. The van der Waals surface area contributed by atoms with Crippen LogP contribution in [0.15, 0.2) is 24.5 Å². The maximum atomic E-state index is 4.15. The van der Waals surface area contributed by atoms with Crippen molar-refractivity contribution in [1.29, 1.82) is 0 Å². The Morgan fingerprint density at radius 3 is 2.83 bits per heavy atom. The van der Waals surface area contributed by atoms with Crippen molar-refractivity contribution in [2.24, 2.45) is 0 Å². The molecule has 1 aliphatic heterocycles. The fourth-order valence-electron chi connectivity index (χ4n) is 1.65. The Hall–Kier alpha value is -0.500. The molecule has 12 heavy (non-hydrogen) atoms. The summed E-state index contributed by atoms with van der Waals surface area (Å²) in [6, 6.07) is 4.24. The summed E-state index contributed by atoms with van der Waals surface area (Å²) in [4.78, 5) is 4.15. The van der Waals surface area contributed by atoms with E-state index in [-0.39, 0.29) is 0 Å². The summed E-state index contributed by atoms with van der Waals surface area (Å²) in [6.45, 7) is 0. The molecule has 2 rings (SSSR count). The lowest BCUT2D eigenvalue weighted by molar-refractivity contribution is 0.635. The van der Waals surface area contributed by atoms with Gasteiger partial charge in [0.25, 0.3) is 0 Å². The van der Waals surface area contributed by atoms with E-state index in [1.54, 1.807) is 0 Å². The van der Waals surface area contributed by atoms with Crippen molar-refractivity contribution in [3.05, 3.63) is 30.1 Å². The molecular formula is C10H13NS. The summed E-state index contributed by atoms with van der Waals surface area (Å²) in [5.74, 6) is 3.42. The van der Waals surface area contributed by atoms with Gasteiger partial charge in [0.1, 0.15) is 0 Å². The number of nitrogens with zero attached hydrogens (tertiary/aromatic N) is 1. The summed E-state index contributed by atoms with van der Waals surface area (Å²) in [5, 5.41) is 0. The first kappa shape index (κ1) is 8.11. The number of aromatic nitrogens is 1. The quantitative estimate of drug-likeness (QED) is 0.657. The third kappa shape index (κ3) is 1.81. The first-order chi connectivity index (χ1) is 5.97. The van der Waals surface area contributed by atoms with Crippen LogP contribution < -0.4 is 0 Å². The van der Waals surface area contributed by atoms with Gasteiger partial charge in [0.05, 0.1) is 0 Å². The lowest BCUT2D eigenvalue weighted by Crippen LogP contribution is -2.07. The van der Waals surface area contributed by atoms with E-state index in [0.717, 1.165) is 5.92 Å². The molecule has 0 aliphatic carbocycles. The largest absolute Gasteiger partial charge is 0.264 e. The summed E-state index contributed by atoms with van der Waals surface area (Å²) in [5.41, 5.74) is 1.43. The molecule has 2 heterocycles. The molecule has 0 amide bonds. The summed E-state index contributed by atoms with van der Waals surface area (Å²) in [7, 11) is 0. The topological polar surface area (TPSA) is 12.9 Å². The second-order valence-corrected chi connectivity index (χ2v) is 4.40. The first-order valence-electron chi connectivity index (χ1n) is 4.44. The van der Waals surface area contributed by atoms with Crippen LogP contribution >= 0.6 is 11.8 Å². The SMILES string of the molecule is c1cncc(C2CCSCC2)c1. The Labute approximate surface area is 77.6 Å². The highest BCUT2D eigenvalue weighted by Crippen LogP contribution is 2.30. The average molecular weight is 179 g/mol. The van der Waals surface area contributed by atoms with Gasteiger partial charge in [0.2, 0.25) is 0 Å². The van der Waals surface area contributed by atoms with Crippen LogP contribution in [0.4, 0.5) is 0 Å². The second kappa shape index (κ2) is 3.94. The normalized spacial score (nSPS) is 19.3. The van der Waals surface area contributed by atoms with Crippen LogP contribution in [0.3, 0.4) is 0 Å². The van der Waals surface area contributed by atoms with Gasteiger partial charge in [-0.1, -0.05) is 6.07 Å². The van der Waals surface area contributed by atoms with Crippen LogP contribution in [0.25, 0.3) is 0 Å². The van der Waals surface area contributed by atoms with Gasteiger partial charge in [-0.3, -0.25) is 4.98 Å². The van der Waals surface area contributed by atoms with Gasteiger partial charge in [-0.25, -0.2) is 0 Å². The van der Waals surface area contributed by atoms with Gasteiger partial charge in [-0.2, -0.15) is 11.8 Å². The number of rotatable bonds is 1. The van der Waals surface area contributed by atoms with Crippen molar-refractivity contribution in [2.75, 3.05) is 11.5 Å². The fraction of sp³-hybridized carbons (Fsp3) is 0.500. The molecule has 0 spiro atoms. The lowest BCUT2D eigenvalue weighted by atomic mass is 9.95. The monoisotopic (exact) mass is 179 g/mol. The Morgan fingerprint density at radius 1 is 1.33 bits per heavy atom. The molecule has 1 aliphatic rings. The van der Waals surface area contributed by atoms with Gasteiger partial charge < -0.3 is 0 Å². The molecule has 0 aromatic carbocycles. The maximum absolute atomic E-state index is 4.15. The van der Waals surface area contributed by atoms with Crippen molar-refractivity contribution >= 4 is 11.8 Å². The molecule has 1 aromatic heterocycles. The Bertz CT molecular complexity index is 229. The highest BCUT2D eigenvalue weighted by atomic mass is 32.2. The molecule has 0 unspecified atom stereocenters. The van der Waals surface area contributed by atoms with Crippen LogP contribution in [-0.2, 0) is 0 Å². The van der Waals surface area contributed by atoms with E-state index in [4.69, 9.17) is 0 Å². The van der Waals surface area contributed by atoms with Gasteiger partial charge in [0.15, 0.2) is 0 Å². The van der Waals surface area contributed by atoms with Crippen molar-refractivity contribution < 1.29 is 0 Å². The molecule has 64 valence electrons. The molecular weight excluding hydrogens is 166 g/mol. The molecule has 0 saturated carbocycles. The zero-order valence-corrected chi connectivity index (χ0v) is 7.89. The van der Waals surface area contributed by atoms with E-state index in [1.807, 2.05) is 18.5 Å². The fourth-order valence-corrected chi connectivity index (χ4v) is 2.75. The molecule has 1 nitrogen and oxygen atoms in total. The molecule has 0 atom stereocenters. The van der Waals surface area contributed by atoms with E-state index in [2.05, 4.69) is 22.8 Å². The minimum absolute atomic E-state index is 0.778. The van der Waals surface area contributed by atoms with Crippen molar-refractivity contribution in [1.82, 2.24) is 4.98 Å². The number of hydrogen-bond acceptors (Lipinski definition) is 2.